The molecule has 0 aliphatic heterocycles. The van der Waals surface area contributed by atoms with Crippen LogP contribution in [0, 0.1) is 11.3 Å². The minimum absolute atomic E-state index is 0.0649. The van der Waals surface area contributed by atoms with Crippen molar-refractivity contribution >= 4 is 16.9 Å². The lowest BCUT2D eigenvalue weighted by Gasteiger charge is -2.08. The van der Waals surface area contributed by atoms with Crippen LogP contribution in [0.1, 0.15) is 21.5 Å². The van der Waals surface area contributed by atoms with Gasteiger partial charge in [0.15, 0.2) is 5.75 Å². The first-order valence-corrected chi connectivity index (χ1v) is 7.07. The molecule has 0 aliphatic rings. The Hall–Kier alpha value is -3.44. The monoisotopic (exact) mass is 323 g/mol. The van der Waals surface area contributed by atoms with Gasteiger partial charge in [0.25, 0.3) is 0 Å². The number of aliphatic hydroxyl groups is 1. The number of phenols is 1. The van der Waals surface area contributed by atoms with Gasteiger partial charge in [-0.2, -0.15) is 5.26 Å². The van der Waals surface area contributed by atoms with E-state index >= 15 is 0 Å². The maximum Gasteiger partial charge on any atom is 0.248 e. The van der Waals surface area contributed by atoms with Crippen LogP contribution in [0.15, 0.2) is 30.3 Å². The number of phenolic OH excluding ortho intramolecular Hbond substituents is 1. The Balaban J connectivity index is 2.17. The van der Waals surface area contributed by atoms with Gasteiger partial charge in [-0.1, -0.05) is 0 Å². The van der Waals surface area contributed by atoms with E-state index in [9.17, 15) is 9.90 Å². The number of aromatic nitrogens is 3. The average molecular weight is 323 g/mol. The number of hydrogen-bond donors (Lipinski definition) is 3. The standard InChI is InChI=1S/C16H13N5O3/c17-8-11-5-9(3-4-22)6-14(15(11)23)21-19-12-2-1-10(16(18)24)7-13(12)20-21/h1-2,5-7,22-23H,3-4H2,(H2,18,24). The van der Waals surface area contributed by atoms with Gasteiger partial charge in [0.05, 0.1) is 5.56 Å². The Bertz CT molecular complexity index is 987. The lowest BCUT2D eigenvalue weighted by atomic mass is 10.1. The topological polar surface area (TPSA) is 138 Å². The number of fused-ring (bicyclic) bond motifs is 1. The molecule has 0 spiro atoms. The normalized spacial score (nSPS) is 10.7. The van der Waals surface area contributed by atoms with E-state index in [0.717, 1.165) is 0 Å². The Morgan fingerprint density at radius 2 is 2.00 bits per heavy atom. The van der Waals surface area contributed by atoms with Crippen LogP contribution < -0.4 is 5.73 Å². The molecule has 1 heterocycles. The Morgan fingerprint density at radius 1 is 1.25 bits per heavy atom. The number of benzene rings is 2. The summed E-state index contributed by atoms with van der Waals surface area (Å²) in [4.78, 5) is 12.4. The number of nitrogens with zero attached hydrogens (tertiary/aromatic N) is 4. The molecule has 0 aliphatic carbocycles. The smallest absolute Gasteiger partial charge is 0.248 e. The fraction of sp³-hybridized carbons (Fsp3) is 0.125. The summed E-state index contributed by atoms with van der Waals surface area (Å²) in [6.45, 7) is -0.0917. The Morgan fingerprint density at radius 3 is 2.67 bits per heavy atom. The summed E-state index contributed by atoms with van der Waals surface area (Å²) in [6, 6.07) is 9.63. The van der Waals surface area contributed by atoms with Gasteiger partial charge in [0, 0.05) is 12.2 Å². The summed E-state index contributed by atoms with van der Waals surface area (Å²) in [5.74, 6) is -0.833. The molecule has 3 aromatic rings. The SMILES string of the molecule is N#Cc1cc(CCO)cc(-n2nc3ccc(C(N)=O)cc3n2)c1O. The van der Waals surface area contributed by atoms with Gasteiger partial charge in [0.1, 0.15) is 22.8 Å². The molecule has 0 atom stereocenters. The zero-order valence-corrected chi connectivity index (χ0v) is 12.5. The fourth-order valence-electron chi connectivity index (χ4n) is 2.36. The molecule has 8 heteroatoms. The maximum atomic E-state index is 11.2. The van der Waals surface area contributed by atoms with E-state index in [1.165, 1.54) is 23.0 Å². The molecule has 3 rings (SSSR count). The second-order valence-electron chi connectivity index (χ2n) is 5.15. The number of carbonyl (C=O) groups excluding carboxylic acids is 1. The number of amides is 1. The van der Waals surface area contributed by atoms with Crippen LogP contribution >= 0.6 is 0 Å². The number of nitriles is 1. The summed E-state index contributed by atoms with van der Waals surface area (Å²) in [5.41, 5.74) is 7.42. The van der Waals surface area contributed by atoms with E-state index in [0.29, 0.717) is 28.6 Å². The minimum Gasteiger partial charge on any atom is -0.504 e. The van der Waals surface area contributed by atoms with Gasteiger partial charge in [-0.3, -0.25) is 4.79 Å². The molecule has 0 radical (unpaired) electrons. The van der Waals surface area contributed by atoms with Crippen molar-refractivity contribution in [3.05, 3.63) is 47.0 Å². The predicted octanol–water partition coefficient (Wildman–Crippen LogP) is 0.631. The second-order valence-corrected chi connectivity index (χ2v) is 5.15. The van der Waals surface area contributed by atoms with Crippen LogP contribution in [0.5, 0.6) is 5.75 Å². The lowest BCUT2D eigenvalue weighted by Crippen LogP contribution is -2.10. The first-order chi connectivity index (χ1) is 11.5. The van der Waals surface area contributed by atoms with Crippen LogP contribution in [0.4, 0.5) is 0 Å². The first kappa shape index (κ1) is 15.5. The zero-order valence-electron chi connectivity index (χ0n) is 12.5. The van der Waals surface area contributed by atoms with Crippen LogP contribution in [0.2, 0.25) is 0 Å². The van der Waals surface area contributed by atoms with Crippen LogP contribution in [-0.2, 0) is 6.42 Å². The van der Waals surface area contributed by atoms with Gasteiger partial charge in [-0.15, -0.1) is 15.0 Å². The Kier molecular flexibility index (Phi) is 3.85. The van der Waals surface area contributed by atoms with Gasteiger partial charge in [-0.05, 0) is 42.3 Å². The molecule has 1 aromatic heterocycles. The third-order valence-electron chi connectivity index (χ3n) is 3.55. The van der Waals surface area contributed by atoms with Crippen LogP contribution in [-0.4, -0.2) is 37.7 Å². The van der Waals surface area contributed by atoms with E-state index in [4.69, 9.17) is 16.1 Å². The van der Waals surface area contributed by atoms with Gasteiger partial charge >= 0.3 is 0 Å². The van der Waals surface area contributed by atoms with Crippen molar-refractivity contribution in [2.24, 2.45) is 5.73 Å². The van der Waals surface area contributed by atoms with Gasteiger partial charge in [0.2, 0.25) is 5.91 Å². The van der Waals surface area contributed by atoms with Crippen LogP contribution in [0.25, 0.3) is 16.7 Å². The second kappa shape index (κ2) is 5.98. The van der Waals surface area contributed by atoms with Crippen molar-refractivity contribution in [3.63, 3.8) is 0 Å². The quantitative estimate of drug-likeness (QED) is 0.644. The van der Waals surface area contributed by atoms with E-state index in [1.807, 2.05) is 6.07 Å². The highest BCUT2D eigenvalue weighted by Gasteiger charge is 2.15. The zero-order chi connectivity index (χ0) is 17.3. The predicted molar refractivity (Wildman–Crippen MR) is 84.6 cm³/mol. The lowest BCUT2D eigenvalue weighted by molar-refractivity contribution is 0.100. The number of carbonyl (C=O) groups is 1. The molecule has 4 N–H and O–H groups in total. The van der Waals surface area contributed by atoms with E-state index in [2.05, 4.69) is 10.2 Å². The molecule has 0 saturated heterocycles. The molecule has 8 nitrogen and oxygen atoms in total. The summed E-state index contributed by atoms with van der Waals surface area (Å²) in [7, 11) is 0. The highest BCUT2D eigenvalue weighted by molar-refractivity contribution is 5.96. The number of rotatable bonds is 4. The van der Waals surface area contributed by atoms with Crippen LogP contribution in [0.3, 0.4) is 0 Å². The van der Waals surface area contributed by atoms with Gasteiger partial charge in [-0.25, -0.2) is 0 Å². The molecular weight excluding hydrogens is 310 g/mol. The molecule has 0 saturated carbocycles. The highest BCUT2D eigenvalue weighted by atomic mass is 16.3. The summed E-state index contributed by atoms with van der Waals surface area (Å²) in [5, 5.41) is 36.9. The van der Waals surface area contributed by atoms with E-state index in [-0.39, 0.29) is 23.6 Å². The number of primary amides is 1. The molecule has 0 bridgehead atoms. The Labute approximate surface area is 136 Å². The molecule has 2 aromatic carbocycles. The molecule has 0 unspecified atom stereocenters. The number of nitrogens with two attached hydrogens (primary N) is 1. The molecule has 120 valence electrons. The van der Waals surface area contributed by atoms with Crippen molar-refractivity contribution in [2.45, 2.75) is 6.42 Å². The third kappa shape index (κ3) is 2.64. The number of aliphatic hydroxyl groups excluding tert-OH is 1. The minimum atomic E-state index is -0.578. The summed E-state index contributed by atoms with van der Waals surface area (Å²) < 4.78 is 0. The van der Waals surface area contributed by atoms with Gasteiger partial charge < -0.3 is 15.9 Å². The van der Waals surface area contributed by atoms with Crippen molar-refractivity contribution in [1.82, 2.24) is 15.0 Å². The van der Waals surface area contributed by atoms with Crippen molar-refractivity contribution in [2.75, 3.05) is 6.61 Å². The summed E-state index contributed by atoms with van der Waals surface area (Å²) >= 11 is 0. The maximum absolute atomic E-state index is 11.2. The first-order valence-electron chi connectivity index (χ1n) is 7.07. The highest BCUT2D eigenvalue weighted by Crippen LogP contribution is 2.28. The number of hydrogen-bond acceptors (Lipinski definition) is 6. The third-order valence-corrected chi connectivity index (χ3v) is 3.55. The van der Waals surface area contributed by atoms with E-state index in [1.54, 1.807) is 12.1 Å². The van der Waals surface area contributed by atoms with Crippen molar-refractivity contribution < 1.29 is 15.0 Å². The van der Waals surface area contributed by atoms with Crippen molar-refractivity contribution in [1.29, 1.82) is 5.26 Å². The molecular formula is C16H13N5O3. The molecule has 0 fully saturated rings. The average Bonchev–Trinajstić information content (AvgIpc) is 2.99. The summed E-state index contributed by atoms with van der Waals surface area (Å²) in [6.07, 6.45) is 0.328. The molecule has 24 heavy (non-hydrogen) atoms. The largest absolute Gasteiger partial charge is 0.504 e. The van der Waals surface area contributed by atoms with E-state index < -0.39 is 5.91 Å². The molecule has 1 amide bonds. The van der Waals surface area contributed by atoms with Crippen molar-refractivity contribution in [3.8, 4) is 17.5 Å². The fourth-order valence-corrected chi connectivity index (χ4v) is 2.36. The number of aromatic hydroxyl groups is 1.